The van der Waals surface area contributed by atoms with Crippen LogP contribution in [0, 0.1) is 0 Å². The largest absolute Gasteiger partial charge is 0.508 e. The molecule has 0 saturated carbocycles. The Labute approximate surface area is 113 Å². The van der Waals surface area contributed by atoms with Gasteiger partial charge in [-0.1, -0.05) is 23.2 Å². The normalized spacial score (nSPS) is 10.3. The Morgan fingerprint density at radius 2 is 1.22 bits per heavy atom. The van der Waals surface area contributed by atoms with Crippen molar-refractivity contribution in [3.05, 3.63) is 57.6 Å². The number of carbonyl (C=O) groups is 1. The van der Waals surface area contributed by atoms with Gasteiger partial charge in [0.1, 0.15) is 11.5 Å². The molecule has 5 heteroatoms. The summed E-state index contributed by atoms with van der Waals surface area (Å²) in [5.74, 6) is -0.410. The highest BCUT2D eigenvalue weighted by Crippen LogP contribution is 2.28. The molecule has 0 unspecified atom stereocenters. The molecule has 0 aliphatic heterocycles. The van der Waals surface area contributed by atoms with Gasteiger partial charge in [0.25, 0.3) is 0 Å². The number of carbonyl (C=O) groups excluding carboxylic acids is 1. The maximum absolute atomic E-state index is 12.2. The summed E-state index contributed by atoms with van der Waals surface area (Å²) < 4.78 is 0. The predicted molar refractivity (Wildman–Crippen MR) is 69.7 cm³/mol. The highest BCUT2D eigenvalue weighted by molar-refractivity contribution is 6.38. The van der Waals surface area contributed by atoms with E-state index in [1.807, 2.05) is 0 Å². The van der Waals surface area contributed by atoms with Crippen LogP contribution in [0.3, 0.4) is 0 Å². The monoisotopic (exact) mass is 282 g/mol. The lowest BCUT2D eigenvalue weighted by molar-refractivity contribution is 0.103. The fourth-order valence-corrected chi connectivity index (χ4v) is 2.04. The van der Waals surface area contributed by atoms with Gasteiger partial charge in [0, 0.05) is 11.1 Å². The van der Waals surface area contributed by atoms with Crippen LogP contribution in [0.5, 0.6) is 11.5 Å². The van der Waals surface area contributed by atoms with Crippen molar-refractivity contribution in [2.45, 2.75) is 0 Å². The van der Waals surface area contributed by atoms with Crippen LogP contribution in [-0.2, 0) is 0 Å². The van der Waals surface area contributed by atoms with Crippen molar-refractivity contribution in [1.29, 1.82) is 0 Å². The summed E-state index contributed by atoms with van der Waals surface area (Å²) >= 11 is 11.8. The molecule has 0 atom stereocenters. The van der Waals surface area contributed by atoms with Gasteiger partial charge in [-0.3, -0.25) is 4.79 Å². The second kappa shape index (κ2) is 4.88. The number of phenolic OH excluding ortho intramolecular Hbond substituents is 2. The molecule has 2 aromatic rings. The molecule has 0 fully saturated rings. The van der Waals surface area contributed by atoms with Gasteiger partial charge in [-0.15, -0.1) is 0 Å². The topological polar surface area (TPSA) is 57.5 Å². The number of hydrogen-bond donors (Lipinski definition) is 2. The molecule has 3 nitrogen and oxygen atoms in total. The number of phenols is 2. The van der Waals surface area contributed by atoms with E-state index in [0.29, 0.717) is 0 Å². The van der Waals surface area contributed by atoms with Crippen LogP contribution in [0.1, 0.15) is 15.9 Å². The van der Waals surface area contributed by atoms with Gasteiger partial charge in [0.15, 0.2) is 5.78 Å². The molecule has 0 spiro atoms. The molecule has 0 amide bonds. The van der Waals surface area contributed by atoms with E-state index in [9.17, 15) is 15.0 Å². The average molecular weight is 283 g/mol. The van der Waals surface area contributed by atoms with Crippen molar-refractivity contribution in [3.63, 3.8) is 0 Å². The Morgan fingerprint density at radius 1 is 0.833 bits per heavy atom. The molecular formula is C13H8Cl2O3. The van der Waals surface area contributed by atoms with Gasteiger partial charge in [0.05, 0.1) is 10.0 Å². The minimum atomic E-state index is -0.370. The Balaban J connectivity index is 2.48. The summed E-state index contributed by atoms with van der Waals surface area (Å²) in [5.41, 5.74) is 0.476. The summed E-state index contributed by atoms with van der Waals surface area (Å²) in [4.78, 5) is 12.2. The molecule has 0 bridgehead atoms. The Bertz CT molecular complexity index is 570. The van der Waals surface area contributed by atoms with E-state index in [1.165, 1.54) is 36.4 Å². The zero-order valence-electron chi connectivity index (χ0n) is 9.02. The second-order valence-corrected chi connectivity index (χ2v) is 4.47. The van der Waals surface area contributed by atoms with E-state index < -0.39 is 0 Å². The third-order valence-corrected chi connectivity index (χ3v) is 3.02. The molecular weight excluding hydrogens is 275 g/mol. The first-order valence-electron chi connectivity index (χ1n) is 5.01. The zero-order chi connectivity index (χ0) is 13.3. The maximum atomic E-state index is 12.2. The van der Waals surface area contributed by atoms with E-state index >= 15 is 0 Å². The van der Waals surface area contributed by atoms with E-state index in [4.69, 9.17) is 23.2 Å². The lowest BCUT2D eigenvalue weighted by atomic mass is 10.0. The van der Waals surface area contributed by atoms with Gasteiger partial charge >= 0.3 is 0 Å². The summed E-state index contributed by atoms with van der Waals surface area (Å²) in [6.45, 7) is 0. The fraction of sp³-hybridized carbons (Fsp3) is 0. The predicted octanol–water partition coefficient (Wildman–Crippen LogP) is 3.64. The fourth-order valence-electron chi connectivity index (χ4n) is 1.52. The molecule has 2 aromatic carbocycles. The van der Waals surface area contributed by atoms with E-state index in [1.54, 1.807) is 0 Å². The van der Waals surface area contributed by atoms with Crippen molar-refractivity contribution >= 4 is 29.0 Å². The summed E-state index contributed by atoms with van der Waals surface area (Å²) in [6.07, 6.45) is 0. The summed E-state index contributed by atoms with van der Waals surface area (Å²) in [7, 11) is 0. The van der Waals surface area contributed by atoms with Gasteiger partial charge in [-0.25, -0.2) is 0 Å². The van der Waals surface area contributed by atoms with Crippen LogP contribution in [0.4, 0.5) is 0 Å². The quantitative estimate of drug-likeness (QED) is 0.827. The summed E-state index contributed by atoms with van der Waals surface area (Å²) in [5, 5.41) is 18.7. The van der Waals surface area contributed by atoms with Gasteiger partial charge in [-0.2, -0.15) is 0 Å². The van der Waals surface area contributed by atoms with Crippen LogP contribution in [0.25, 0.3) is 0 Å². The van der Waals surface area contributed by atoms with Crippen LogP contribution >= 0.6 is 23.2 Å². The van der Waals surface area contributed by atoms with Crippen molar-refractivity contribution in [2.24, 2.45) is 0 Å². The number of rotatable bonds is 2. The number of benzene rings is 2. The third kappa shape index (κ3) is 2.42. The number of hydrogen-bond acceptors (Lipinski definition) is 3. The molecule has 0 radical (unpaired) electrons. The summed E-state index contributed by atoms with van der Waals surface area (Å²) in [6, 6.07) is 8.14. The molecule has 0 aliphatic carbocycles. The smallest absolute Gasteiger partial charge is 0.196 e. The highest BCUT2D eigenvalue weighted by Gasteiger charge is 2.16. The molecule has 92 valence electrons. The zero-order valence-corrected chi connectivity index (χ0v) is 10.5. The standard InChI is InChI=1S/C13H8Cl2O3/c14-11-5-7(16)1-3-9(11)13(18)10-4-2-8(17)6-12(10)15/h1-6,16-17H. The van der Waals surface area contributed by atoms with E-state index in [-0.39, 0.29) is 38.5 Å². The molecule has 18 heavy (non-hydrogen) atoms. The molecule has 0 aromatic heterocycles. The van der Waals surface area contributed by atoms with Crippen molar-refractivity contribution in [2.75, 3.05) is 0 Å². The Hall–Kier alpha value is -1.71. The third-order valence-electron chi connectivity index (χ3n) is 2.39. The lowest BCUT2D eigenvalue weighted by Gasteiger charge is -2.06. The van der Waals surface area contributed by atoms with E-state index in [2.05, 4.69) is 0 Å². The maximum Gasteiger partial charge on any atom is 0.196 e. The van der Waals surface area contributed by atoms with Crippen LogP contribution in [-0.4, -0.2) is 16.0 Å². The molecule has 2 rings (SSSR count). The van der Waals surface area contributed by atoms with Gasteiger partial charge in [-0.05, 0) is 36.4 Å². The van der Waals surface area contributed by atoms with E-state index in [0.717, 1.165) is 0 Å². The number of halogens is 2. The minimum Gasteiger partial charge on any atom is -0.508 e. The Morgan fingerprint density at radius 3 is 1.56 bits per heavy atom. The van der Waals surface area contributed by atoms with Crippen LogP contribution < -0.4 is 0 Å². The van der Waals surface area contributed by atoms with Gasteiger partial charge < -0.3 is 10.2 Å². The number of ketones is 1. The molecule has 0 aliphatic rings. The van der Waals surface area contributed by atoms with Crippen molar-refractivity contribution in [3.8, 4) is 11.5 Å². The molecule has 0 saturated heterocycles. The van der Waals surface area contributed by atoms with Crippen LogP contribution in [0.15, 0.2) is 36.4 Å². The second-order valence-electron chi connectivity index (χ2n) is 3.66. The molecule has 0 heterocycles. The van der Waals surface area contributed by atoms with Gasteiger partial charge in [0.2, 0.25) is 0 Å². The first-order valence-corrected chi connectivity index (χ1v) is 5.76. The highest BCUT2D eigenvalue weighted by atomic mass is 35.5. The molecule has 2 N–H and O–H groups in total. The lowest BCUT2D eigenvalue weighted by Crippen LogP contribution is -2.02. The van der Waals surface area contributed by atoms with Crippen molar-refractivity contribution < 1.29 is 15.0 Å². The van der Waals surface area contributed by atoms with Crippen molar-refractivity contribution in [1.82, 2.24) is 0 Å². The first kappa shape index (κ1) is 12.7. The minimum absolute atomic E-state index is 0.0200. The SMILES string of the molecule is O=C(c1ccc(O)cc1Cl)c1ccc(O)cc1Cl. The Kier molecular flexibility index (Phi) is 3.45. The first-order chi connectivity index (χ1) is 8.49. The van der Waals surface area contributed by atoms with Crippen LogP contribution in [0.2, 0.25) is 10.0 Å². The number of aromatic hydroxyl groups is 2. The average Bonchev–Trinajstić information content (AvgIpc) is 2.28.